The monoisotopic (exact) mass is 193 g/mol. The summed E-state index contributed by atoms with van der Waals surface area (Å²) in [6, 6.07) is 2.28. The fourth-order valence-corrected chi connectivity index (χ4v) is 2.10. The van der Waals surface area contributed by atoms with Crippen LogP contribution >= 0.6 is 0 Å². The fraction of sp³-hybridized carbons (Fsp3) is 0.600. The van der Waals surface area contributed by atoms with E-state index >= 15 is 0 Å². The first kappa shape index (κ1) is 9.40. The molecule has 2 rings (SSSR count). The molecule has 1 saturated carbocycles. The van der Waals surface area contributed by atoms with Crippen LogP contribution in [0.5, 0.6) is 0 Å². The van der Waals surface area contributed by atoms with Gasteiger partial charge < -0.3 is 5.73 Å². The fourth-order valence-electron chi connectivity index (χ4n) is 2.10. The van der Waals surface area contributed by atoms with E-state index in [0.717, 1.165) is 25.7 Å². The van der Waals surface area contributed by atoms with Crippen LogP contribution in [0.2, 0.25) is 0 Å². The second-order valence-electron chi connectivity index (χ2n) is 3.89. The lowest BCUT2D eigenvalue weighted by molar-refractivity contribution is 0.311. The lowest BCUT2D eigenvalue weighted by Crippen LogP contribution is -2.34. The maximum absolute atomic E-state index is 11.4. The van der Waals surface area contributed by atoms with Gasteiger partial charge in [0.05, 0.1) is 0 Å². The van der Waals surface area contributed by atoms with Crippen molar-refractivity contribution in [2.45, 2.75) is 37.8 Å². The number of nitrogens with zero attached hydrogens (tertiary/aromatic N) is 2. The topological polar surface area (TPSA) is 60.9 Å². The Morgan fingerprint density at radius 2 is 2.36 bits per heavy atom. The first-order valence-electron chi connectivity index (χ1n) is 5.06. The third-order valence-corrected chi connectivity index (χ3v) is 2.82. The maximum Gasteiger partial charge on any atom is 0.347 e. The van der Waals surface area contributed by atoms with E-state index in [1.807, 2.05) is 0 Å². The molecular formula is C10H15N3O. The Morgan fingerprint density at radius 3 is 3.07 bits per heavy atom. The molecule has 4 nitrogen and oxygen atoms in total. The van der Waals surface area contributed by atoms with Gasteiger partial charge in [-0.3, -0.25) is 4.57 Å². The average Bonchev–Trinajstić information content (AvgIpc) is 2.18. The molecule has 1 fully saturated rings. The highest BCUT2D eigenvalue weighted by Crippen LogP contribution is 2.25. The molecule has 14 heavy (non-hydrogen) atoms. The van der Waals surface area contributed by atoms with Gasteiger partial charge in [0.2, 0.25) is 0 Å². The van der Waals surface area contributed by atoms with Crippen LogP contribution in [0.4, 0.5) is 0 Å². The summed E-state index contributed by atoms with van der Waals surface area (Å²) >= 11 is 0. The number of hydrogen-bond donors (Lipinski definition) is 1. The van der Waals surface area contributed by atoms with Gasteiger partial charge in [0.25, 0.3) is 0 Å². The average molecular weight is 193 g/mol. The zero-order valence-corrected chi connectivity index (χ0v) is 8.10. The Hall–Kier alpha value is -1.16. The second kappa shape index (κ2) is 3.92. The number of hydrogen-bond acceptors (Lipinski definition) is 3. The van der Waals surface area contributed by atoms with Crippen molar-refractivity contribution in [3.05, 3.63) is 28.9 Å². The third kappa shape index (κ3) is 1.85. The quantitative estimate of drug-likeness (QED) is 0.713. The van der Waals surface area contributed by atoms with Gasteiger partial charge in [-0.1, -0.05) is 0 Å². The van der Waals surface area contributed by atoms with Crippen LogP contribution in [0.15, 0.2) is 23.3 Å². The van der Waals surface area contributed by atoms with Crippen LogP contribution < -0.4 is 11.4 Å². The summed E-state index contributed by atoms with van der Waals surface area (Å²) in [5.41, 5.74) is 5.72. The van der Waals surface area contributed by atoms with E-state index in [1.165, 1.54) is 6.20 Å². The SMILES string of the molecule is NC1CCCC(n2cccnc2=O)C1. The Kier molecular flexibility index (Phi) is 2.63. The summed E-state index contributed by atoms with van der Waals surface area (Å²) < 4.78 is 1.71. The van der Waals surface area contributed by atoms with Crippen LogP contribution in [0.1, 0.15) is 31.7 Å². The predicted molar refractivity (Wildman–Crippen MR) is 54.0 cm³/mol. The van der Waals surface area contributed by atoms with Crippen molar-refractivity contribution in [1.82, 2.24) is 9.55 Å². The van der Waals surface area contributed by atoms with E-state index in [2.05, 4.69) is 4.98 Å². The third-order valence-electron chi connectivity index (χ3n) is 2.82. The van der Waals surface area contributed by atoms with E-state index in [0.29, 0.717) is 0 Å². The van der Waals surface area contributed by atoms with E-state index in [-0.39, 0.29) is 17.8 Å². The van der Waals surface area contributed by atoms with Gasteiger partial charge in [-0.25, -0.2) is 9.78 Å². The van der Waals surface area contributed by atoms with Crippen LogP contribution in [0.3, 0.4) is 0 Å². The largest absolute Gasteiger partial charge is 0.347 e. The molecule has 0 amide bonds. The first-order chi connectivity index (χ1) is 6.77. The molecule has 2 unspecified atom stereocenters. The van der Waals surface area contributed by atoms with Gasteiger partial charge in [-0.05, 0) is 31.7 Å². The molecule has 1 aromatic heterocycles. The molecular weight excluding hydrogens is 178 g/mol. The molecule has 1 aromatic rings. The molecule has 76 valence electrons. The Morgan fingerprint density at radius 1 is 1.50 bits per heavy atom. The van der Waals surface area contributed by atoms with Gasteiger partial charge >= 0.3 is 5.69 Å². The Bertz CT molecular complexity index is 360. The smallest absolute Gasteiger partial charge is 0.328 e. The molecule has 4 heteroatoms. The molecule has 1 aliphatic rings. The predicted octanol–water partition coefficient (Wildman–Crippen LogP) is 0.686. The molecule has 2 atom stereocenters. The van der Waals surface area contributed by atoms with Gasteiger partial charge in [-0.15, -0.1) is 0 Å². The molecule has 2 N–H and O–H groups in total. The maximum atomic E-state index is 11.4. The minimum Gasteiger partial charge on any atom is -0.328 e. The zero-order chi connectivity index (χ0) is 9.97. The Balaban J connectivity index is 2.22. The highest BCUT2D eigenvalue weighted by Gasteiger charge is 2.20. The number of rotatable bonds is 1. The first-order valence-corrected chi connectivity index (χ1v) is 5.06. The molecule has 1 aliphatic carbocycles. The van der Waals surface area contributed by atoms with Crippen LogP contribution in [-0.4, -0.2) is 15.6 Å². The number of aromatic nitrogens is 2. The highest BCUT2D eigenvalue weighted by atomic mass is 16.1. The van der Waals surface area contributed by atoms with Gasteiger partial charge in [0.15, 0.2) is 0 Å². The molecule has 0 aromatic carbocycles. The standard InChI is InChI=1S/C10H15N3O/c11-8-3-1-4-9(7-8)13-6-2-5-12-10(13)14/h2,5-6,8-9H,1,3-4,7,11H2. The molecule has 0 spiro atoms. The lowest BCUT2D eigenvalue weighted by Gasteiger charge is -2.27. The van der Waals surface area contributed by atoms with Crippen molar-refractivity contribution in [2.75, 3.05) is 0 Å². The number of nitrogens with two attached hydrogens (primary N) is 1. The summed E-state index contributed by atoms with van der Waals surface area (Å²) in [5, 5.41) is 0. The van der Waals surface area contributed by atoms with Crippen LogP contribution in [0, 0.1) is 0 Å². The van der Waals surface area contributed by atoms with E-state index in [9.17, 15) is 4.79 Å². The Labute approximate surface area is 82.8 Å². The molecule has 0 bridgehead atoms. The van der Waals surface area contributed by atoms with E-state index < -0.39 is 0 Å². The van der Waals surface area contributed by atoms with Crippen molar-refractivity contribution in [2.24, 2.45) is 5.73 Å². The molecule has 0 radical (unpaired) electrons. The minimum atomic E-state index is -0.161. The van der Waals surface area contributed by atoms with E-state index in [1.54, 1.807) is 16.8 Å². The van der Waals surface area contributed by atoms with Crippen molar-refractivity contribution < 1.29 is 0 Å². The summed E-state index contributed by atoms with van der Waals surface area (Å²) in [6.45, 7) is 0. The van der Waals surface area contributed by atoms with Gasteiger partial charge in [0.1, 0.15) is 0 Å². The summed E-state index contributed by atoms with van der Waals surface area (Å²) in [7, 11) is 0. The van der Waals surface area contributed by atoms with Gasteiger partial charge in [-0.2, -0.15) is 0 Å². The van der Waals surface area contributed by atoms with Gasteiger partial charge in [0, 0.05) is 24.5 Å². The van der Waals surface area contributed by atoms with Crippen molar-refractivity contribution in [1.29, 1.82) is 0 Å². The summed E-state index contributed by atoms with van der Waals surface area (Å²) in [6.07, 6.45) is 7.45. The van der Waals surface area contributed by atoms with Crippen molar-refractivity contribution in [3.8, 4) is 0 Å². The lowest BCUT2D eigenvalue weighted by atomic mass is 9.91. The van der Waals surface area contributed by atoms with E-state index in [4.69, 9.17) is 5.73 Å². The molecule has 1 heterocycles. The highest BCUT2D eigenvalue weighted by molar-refractivity contribution is 4.88. The van der Waals surface area contributed by atoms with Crippen LogP contribution in [-0.2, 0) is 0 Å². The second-order valence-corrected chi connectivity index (χ2v) is 3.89. The summed E-state index contributed by atoms with van der Waals surface area (Å²) in [4.78, 5) is 15.2. The van der Waals surface area contributed by atoms with Crippen LogP contribution in [0.25, 0.3) is 0 Å². The minimum absolute atomic E-state index is 0.161. The zero-order valence-electron chi connectivity index (χ0n) is 8.10. The molecule has 0 aliphatic heterocycles. The van der Waals surface area contributed by atoms with Crippen molar-refractivity contribution >= 4 is 0 Å². The normalized spacial score (nSPS) is 27.5. The summed E-state index contributed by atoms with van der Waals surface area (Å²) in [5.74, 6) is 0. The molecule has 0 saturated heterocycles. The van der Waals surface area contributed by atoms with Crippen molar-refractivity contribution in [3.63, 3.8) is 0 Å².